The third-order valence-electron chi connectivity index (χ3n) is 0.919. The molecule has 0 spiro atoms. The molecule has 0 aliphatic rings. The maximum Gasteiger partial charge on any atom is 0.0590 e. The number of nitrogens with one attached hydrogen (secondary N) is 1. The van der Waals surface area contributed by atoms with Gasteiger partial charge in [0.2, 0.25) is 0 Å². The van der Waals surface area contributed by atoms with Crippen molar-refractivity contribution in [1.82, 2.24) is 5.32 Å². The minimum atomic E-state index is 0.840. The molecule has 0 aliphatic carbocycles. The summed E-state index contributed by atoms with van der Waals surface area (Å²) in [6.07, 6.45) is 1.17. The maximum atomic E-state index is 5.25. The molecule has 0 heterocycles. The van der Waals surface area contributed by atoms with E-state index < -0.39 is 0 Å². The van der Waals surface area contributed by atoms with Crippen LogP contribution in [-0.4, -0.2) is 31.2 Å². The highest BCUT2D eigenvalue weighted by atomic mass is 127. The highest BCUT2D eigenvalue weighted by Gasteiger charge is 1.84. The van der Waals surface area contributed by atoms with Gasteiger partial charge in [0.25, 0.3) is 0 Å². The van der Waals surface area contributed by atoms with Crippen LogP contribution in [0, 0.1) is 0 Å². The summed E-state index contributed by atoms with van der Waals surface area (Å²) >= 11 is 2.35. The molecule has 0 fully saturated rings. The van der Waals surface area contributed by atoms with Crippen LogP contribution >= 0.6 is 22.6 Å². The molecule has 0 saturated carbocycles. The summed E-state index contributed by atoms with van der Waals surface area (Å²) in [4.78, 5) is 0. The minimum absolute atomic E-state index is 0.840. The zero-order chi connectivity index (χ0) is 6.95. The zero-order valence-corrected chi connectivity index (χ0v) is 7.98. The molecule has 0 aromatic heterocycles. The molecule has 0 bridgehead atoms. The lowest BCUT2D eigenvalue weighted by Gasteiger charge is -2.00. The molecule has 0 amide bonds. The molecular formula is C6H14INO. The first-order chi connectivity index (χ1) is 4.41. The number of ether oxygens (including phenoxy) is 1. The third kappa shape index (κ3) is 8.65. The number of hydrogen-bond donors (Lipinski definition) is 1. The molecule has 0 unspecified atom stereocenters. The van der Waals surface area contributed by atoms with Crippen LogP contribution in [0.15, 0.2) is 0 Å². The smallest absolute Gasteiger partial charge is 0.0590 e. The number of alkyl halides is 1. The maximum absolute atomic E-state index is 5.25. The quantitative estimate of drug-likeness (QED) is 0.427. The second-order valence-electron chi connectivity index (χ2n) is 1.76. The lowest BCUT2D eigenvalue weighted by Crippen LogP contribution is -2.14. The van der Waals surface area contributed by atoms with Gasteiger partial charge in [-0.1, -0.05) is 22.6 Å². The van der Waals surface area contributed by atoms with Crippen molar-refractivity contribution >= 4 is 22.6 Å². The number of likely N-dealkylation sites (N-methyl/N-ethyl adjacent to an activating group) is 1. The molecule has 9 heavy (non-hydrogen) atoms. The molecule has 56 valence electrons. The molecule has 0 aromatic carbocycles. The molecule has 0 aliphatic heterocycles. The van der Waals surface area contributed by atoms with Crippen molar-refractivity contribution in [3.05, 3.63) is 0 Å². The molecule has 0 rings (SSSR count). The van der Waals surface area contributed by atoms with Crippen LogP contribution in [0.2, 0.25) is 0 Å². The van der Waals surface area contributed by atoms with Crippen molar-refractivity contribution < 1.29 is 4.74 Å². The van der Waals surface area contributed by atoms with Crippen molar-refractivity contribution in [1.29, 1.82) is 0 Å². The van der Waals surface area contributed by atoms with Crippen molar-refractivity contribution in [2.45, 2.75) is 6.42 Å². The fourth-order valence-electron chi connectivity index (χ4n) is 0.433. The Morgan fingerprint density at radius 1 is 1.44 bits per heavy atom. The monoisotopic (exact) mass is 243 g/mol. The summed E-state index contributed by atoms with van der Waals surface area (Å²) < 4.78 is 6.44. The van der Waals surface area contributed by atoms with Crippen LogP contribution in [0.5, 0.6) is 0 Å². The standard InChI is InChI=1S/C6H14INO/c1-8-4-6-9-5-2-3-7/h8H,2-6H2,1H3. The zero-order valence-electron chi connectivity index (χ0n) is 5.82. The van der Waals surface area contributed by atoms with Crippen LogP contribution in [0.3, 0.4) is 0 Å². The first kappa shape index (κ1) is 9.65. The van der Waals surface area contributed by atoms with Gasteiger partial charge in [-0.25, -0.2) is 0 Å². The Bertz CT molecular complexity index is 46.3. The Kier molecular flexibility index (Phi) is 9.27. The molecule has 0 aromatic rings. The van der Waals surface area contributed by atoms with Crippen LogP contribution in [0.25, 0.3) is 0 Å². The topological polar surface area (TPSA) is 21.3 Å². The summed E-state index contributed by atoms with van der Waals surface area (Å²) in [5.74, 6) is 0. The van der Waals surface area contributed by atoms with E-state index in [1.807, 2.05) is 7.05 Å². The number of rotatable bonds is 6. The Labute approximate surface area is 70.5 Å². The second-order valence-corrected chi connectivity index (χ2v) is 2.84. The Balaban J connectivity index is 2.60. The third-order valence-corrected chi connectivity index (χ3v) is 1.68. The lowest BCUT2D eigenvalue weighted by atomic mass is 10.5. The Morgan fingerprint density at radius 2 is 2.22 bits per heavy atom. The van der Waals surface area contributed by atoms with Crippen molar-refractivity contribution in [2.24, 2.45) is 0 Å². The Morgan fingerprint density at radius 3 is 2.78 bits per heavy atom. The minimum Gasteiger partial charge on any atom is -0.380 e. The van der Waals surface area contributed by atoms with Crippen LogP contribution in [0.1, 0.15) is 6.42 Å². The predicted octanol–water partition coefficient (Wildman–Crippen LogP) is 1.05. The van der Waals surface area contributed by atoms with E-state index in [1.165, 1.54) is 10.8 Å². The SMILES string of the molecule is CNCCOCCCI. The normalized spacial score (nSPS) is 10.0. The van der Waals surface area contributed by atoms with E-state index in [2.05, 4.69) is 27.9 Å². The molecule has 0 saturated heterocycles. The van der Waals surface area contributed by atoms with Gasteiger partial charge in [0.05, 0.1) is 6.61 Å². The largest absolute Gasteiger partial charge is 0.380 e. The van der Waals surface area contributed by atoms with Crippen molar-refractivity contribution in [3.8, 4) is 0 Å². The lowest BCUT2D eigenvalue weighted by molar-refractivity contribution is 0.139. The van der Waals surface area contributed by atoms with E-state index in [-0.39, 0.29) is 0 Å². The average molecular weight is 243 g/mol. The van der Waals surface area contributed by atoms with E-state index in [9.17, 15) is 0 Å². The molecule has 1 N–H and O–H groups in total. The molecule has 0 atom stereocenters. The Hall–Kier alpha value is 0.650. The first-order valence-corrected chi connectivity index (χ1v) is 4.72. The predicted molar refractivity (Wildman–Crippen MR) is 48.2 cm³/mol. The highest BCUT2D eigenvalue weighted by Crippen LogP contribution is 1.88. The van der Waals surface area contributed by atoms with Gasteiger partial charge in [0.1, 0.15) is 0 Å². The first-order valence-electron chi connectivity index (χ1n) is 3.20. The van der Waals surface area contributed by atoms with Gasteiger partial charge in [-0.3, -0.25) is 0 Å². The van der Waals surface area contributed by atoms with Gasteiger partial charge < -0.3 is 10.1 Å². The van der Waals surface area contributed by atoms with Crippen molar-refractivity contribution in [2.75, 3.05) is 31.2 Å². The van der Waals surface area contributed by atoms with Crippen molar-refractivity contribution in [3.63, 3.8) is 0 Å². The van der Waals surface area contributed by atoms with E-state index in [0.29, 0.717) is 0 Å². The molecule has 0 radical (unpaired) electrons. The number of halogens is 1. The van der Waals surface area contributed by atoms with Gasteiger partial charge in [-0.05, 0) is 13.5 Å². The average Bonchev–Trinajstić information content (AvgIpc) is 1.89. The second kappa shape index (κ2) is 8.65. The fraction of sp³-hybridized carbons (Fsp3) is 1.00. The van der Waals surface area contributed by atoms with Gasteiger partial charge in [-0.2, -0.15) is 0 Å². The fourth-order valence-corrected chi connectivity index (χ4v) is 0.744. The van der Waals surface area contributed by atoms with E-state index in [0.717, 1.165) is 19.8 Å². The molecular weight excluding hydrogens is 229 g/mol. The summed E-state index contributed by atoms with van der Waals surface area (Å²) in [6.45, 7) is 2.71. The van der Waals surface area contributed by atoms with Crippen LogP contribution < -0.4 is 5.32 Å². The van der Waals surface area contributed by atoms with Gasteiger partial charge in [0.15, 0.2) is 0 Å². The van der Waals surface area contributed by atoms with E-state index in [1.54, 1.807) is 0 Å². The molecule has 3 heteroatoms. The van der Waals surface area contributed by atoms with E-state index in [4.69, 9.17) is 4.74 Å². The van der Waals surface area contributed by atoms with Gasteiger partial charge in [-0.15, -0.1) is 0 Å². The van der Waals surface area contributed by atoms with Crippen LogP contribution in [-0.2, 0) is 4.74 Å². The van der Waals surface area contributed by atoms with Crippen LogP contribution in [0.4, 0.5) is 0 Å². The van der Waals surface area contributed by atoms with E-state index >= 15 is 0 Å². The number of hydrogen-bond acceptors (Lipinski definition) is 2. The van der Waals surface area contributed by atoms with Gasteiger partial charge >= 0.3 is 0 Å². The summed E-state index contributed by atoms with van der Waals surface area (Å²) in [7, 11) is 1.93. The summed E-state index contributed by atoms with van der Waals surface area (Å²) in [5, 5.41) is 3.02. The highest BCUT2D eigenvalue weighted by molar-refractivity contribution is 14.1. The summed E-state index contributed by atoms with van der Waals surface area (Å²) in [6, 6.07) is 0. The molecule has 2 nitrogen and oxygen atoms in total. The van der Waals surface area contributed by atoms with Gasteiger partial charge in [0, 0.05) is 17.6 Å². The summed E-state index contributed by atoms with van der Waals surface area (Å²) in [5.41, 5.74) is 0.